The monoisotopic (exact) mass is 269 g/mol. The first-order valence-corrected chi connectivity index (χ1v) is 7.05. The van der Waals surface area contributed by atoms with Crippen LogP contribution in [0.1, 0.15) is 16.7 Å². The number of benzene rings is 2. The average Bonchev–Trinajstić information content (AvgIpc) is 2.93. The summed E-state index contributed by atoms with van der Waals surface area (Å²) in [5.74, 6) is 1.39. The quantitative estimate of drug-likeness (QED) is 0.820. The van der Waals surface area contributed by atoms with Crippen molar-refractivity contribution >= 4 is 0 Å². The summed E-state index contributed by atoms with van der Waals surface area (Å²) in [5, 5.41) is 13.0. The van der Waals surface area contributed by atoms with Crippen LogP contribution >= 0.6 is 0 Å². The van der Waals surface area contributed by atoms with Crippen molar-refractivity contribution in [3.8, 4) is 11.5 Å². The van der Waals surface area contributed by atoms with Gasteiger partial charge in [-0.1, -0.05) is 30.3 Å². The Kier molecular flexibility index (Phi) is 3.88. The highest BCUT2D eigenvalue weighted by Gasteiger charge is 2.11. The van der Waals surface area contributed by atoms with E-state index in [0.29, 0.717) is 12.3 Å². The molecule has 0 aromatic heterocycles. The largest absolute Gasteiger partial charge is 0.508 e. The zero-order valence-electron chi connectivity index (χ0n) is 11.4. The SMILES string of the molecule is Oc1ccccc1CNCCc1ccc2c(c1)CCO2. The molecule has 1 aliphatic heterocycles. The highest BCUT2D eigenvalue weighted by molar-refractivity contribution is 5.39. The number of fused-ring (bicyclic) bond motifs is 1. The number of nitrogens with one attached hydrogen (secondary N) is 1. The molecule has 2 aromatic carbocycles. The van der Waals surface area contributed by atoms with Gasteiger partial charge in [-0.15, -0.1) is 0 Å². The minimum absolute atomic E-state index is 0.356. The molecule has 0 atom stereocenters. The van der Waals surface area contributed by atoms with E-state index in [1.54, 1.807) is 6.07 Å². The van der Waals surface area contributed by atoms with Crippen molar-refractivity contribution in [1.82, 2.24) is 5.32 Å². The molecule has 0 spiro atoms. The Morgan fingerprint density at radius 3 is 2.95 bits per heavy atom. The molecule has 104 valence electrons. The minimum atomic E-state index is 0.356. The van der Waals surface area contributed by atoms with Crippen molar-refractivity contribution in [2.24, 2.45) is 0 Å². The zero-order valence-corrected chi connectivity index (χ0v) is 11.4. The molecule has 0 unspecified atom stereocenters. The lowest BCUT2D eigenvalue weighted by Crippen LogP contribution is -2.16. The van der Waals surface area contributed by atoms with E-state index in [1.165, 1.54) is 11.1 Å². The molecule has 3 rings (SSSR count). The summed E-state index contributed by atoms with van der Waals surface area (Å²) < 4.78 is 5.51. The van der Waals surface area contributed by atoms with Crippen LogP contribution in [0.3, 0.4) is 0 Å². The van der Waals surface area contributed by atoms with Gasteiger partial charge in [0.1, 0.15) is 11.5 Å². The van der Waals surface area contributed by atoms with Crippen LogP contribution in [0.5, 0.6) is 11.5 Å². The topological polar surface area (TPSA) is 41.5 Å². The number of rotatable bonds is 5. The number of aromatic hydroxyl groups is 1. The smallest absolute Gasteiger partial charge is 0.122 e. The van der Waals surface area contributed by atoms with Gasteiger partial charge in [0.2, 0.25) is 0 Å². The highest BCUT2D eigenvalue weighted by Crippen LogP contribution is 2.25. The van der Waals surface area contributed by atoms with Gasteiger partial charge < -0.3 is 15.2 Å². The summed E-state index contributed by atoms with van der Waals surface area (Å²) in [6, 6.07) is 13.9. The molecular formula is C17H19NO2. The molecule has 0 radical (unpaired) electrons. The summed E-state index contributed by atoms with van der Waals surface area (Å²) in [7, 11) is 0. The van der Waals surface area contributed by atoms with Gasteiger partial charge in [-0.25, -0.2) is 0 Å². The molecule has 0 saturated heterocycles. The van der Waals surface area contributed by atoms with Gasteiger partial charge in [0, 0.05) is 18.5 Å². The van der Waals surface area contributed by atoms with Crippen LogP contribution in [0.15, 0.2) is 42.5 Å². The van der Waals surface area contributed by atoms with E-state index < -0.39 is 0 Å². The van der Waals surface area contributed by atoms with Crippen LogP contribution in [0, 0.1) is 0 Å². The molecular weight excluding hydrogens is 250 g/mol. The Morgan fingerprint density at radius 2 is 2.05 bits per heavy atom. The molecule has 1 heterocycles. The fraction of sp³-hybridized carbons (Fsp3) is 0.294. The number of para-hydroxylation sites is 1. The predicted octanol–water partition coefficient (Wildman–Crippen LogP) is 2.66. The third kappa shape index (κ3) is 2.94. The van der Waals surface area contributed by atoms with E-state index >= 15 is 0 Å². The lowest BCUT2D eigenvalue weighted by atomic mass is 10.1. The van der Waals surface area contributed by atoms with Crippen LogP contribution < -0.4 is 10.1 Å². The number of phenols is 1. The Morgan fingerprint density at radius 1 is 1.15 bits per heavy atom. The third-order valence-electron chi connectivity index (χ3n) is 3.65. The molecule has 20 heavy (non-hydrogen) atoms. The molecule has 3 heteroatoms. The van der Waals surface area contributed by atoms with Crippen LogP contribution in [0.4, 0.5) is 0 Å². The first-order valence-electron chi connectivity index (χ1n) is 7.05. The maximum atomic E-state index is 9.68. The van der Waals surface area contributed by atoms with E-state index in [0.717, 1.165) is 37.3 Å². The minimum Gasteiger partial charge on any atom is -0.508 e. The summed E-state index contributed by atoms with van der Waals surface area (Å²) in [5.41, 5.74) is 3.59. The second kappa shape index (κ2) is 5.97. The van der Waals surface area contributed by atoms with E-state index in [1.807, 2.05) is 18.2 Å². The summed E-state index contributed by atoms with van der Waals surface area (Å²) in [6.07, 6.45) is 2.01. The zero-order chi connectivity index (χ0) is 13.8. The van der Waals surface area contributed by atoms with Crippen molar-refractivity contribution in [2.45, 2.75) is 19.4 Å². The molecule has 0 fully saturated rings. The summed E-state index contributed by atoms with van der Waals surface area (Å²) in [4.78, 5) is 0. The maximum absolute atomic E-state index is 9.68. The maximum Gasteiger partial charge on any atom is 0.122 e. The van der Waals surface area contributed by atoms with Crippen LogP contribution in [-0.2, 0) is 19.4 Å². The second-order valence-electron chi connectivity index (χ2n) is 5.10. The van der Waals surface area contributed by atoms with Gasteiger partial charge >= 0.3 is 0 Å². The van der Waals surface area contributed by atoms with E-state index in [2.05, 4.69) is 23.5 Å². The van der Waals surface area contributed by atoms with Crippen molar-refractivity contribution in [3.05, 3.63) is 59.2 Å². The fourth-order valence-corrected chi connectivity index (χ4v) is 2.51. The van der Waals surface area contributed by atoms with E-state index in [9.17, 15) is 5.11 Å². The number of hydrogen-bond acceptors (Lipinski definition) is 3. The molecule has 1 aliphatic rings. The second-order valence-corrected chi connectivity index (χ2v) is 5.10. The van der Waals surface area contributed by atoms with E-state index in [4.69, 9.17) is 4.74 Å². The van der Waals surface area contributed by atoms with Crippen molar-refractivity contribution in [1.29, 1.82) is 0 Å². The van der Waals surface area contributed by atoms with Gasteiger partial charge in [0.15, 0.2) is 0 Å². The molecule has 2 aromatic rings. The van der Waals surface area contributed by atoms with Gasteiger partial charge in [-0.05, 0) is 36.2 Å². The average molecular weight is 269 g/mol. The molecule has 0 saturated carbocycles. The number of hydrogen-bond donors (Lipinski definition) is 2. The Hall–Kier alpha value is -2.00. The Balaban J connectivity index is 1.49. The lowest BCUT2D eigenvalue weighted by Gasteiger charge is -2.07. The van der Waals surface area contributed by atoms with Gasteiger partial charge in [-0.3, -0.25) is 0 Å². The summed E-state index contributed by atoms with van der Waals surface area (Å²) in [6.45, 7) is 2.40. The lowest BCUT2D eigenvalue weighted by molar-refractivity contribution is 0.357. The molecule has 0 amide bonds. The number of phenolic OH excluding ortho intramolecular Hbond substituents is 1. The normalized spacial score (nSPS) is 13.0. The molecule has 0 aliphatic carbocycles. The Labute approximate surface area is 119 Å². The third-order valence-corrected chi connectivity index (χ3v) is 3.65. The van der Waals surface area contributed by atoms with Crippen molar-refractivity contribution in [3.63, 3.8) is 0 Å². The molecule has 2 N–H and O–H groups in total. The number of ether oxygens (including phenoxy) is 1. The Bertz CT molecular complexity index is 595. The van der Waals surface area contributed by atoms with Crippen LogP contribution in [0.2, 0.25) is 0 Å². The van der Waals surface area contributed by atoms with Crippen LogP contribution in [0.25, 0.3) is 0 Å². The first-order chi connectivity index (χ1) is 9.83. The molecule has 0 bridgehead atoms. The summed E-state index contributed by atoms with van der Waals surface area (Å²) >= 11 is 0. The standard InChI is InChI=1S/C17H19NO2/c19-16-4-2-1-3-15(16)12-18-9-7-13-5-6-17-14(11-13)8-10-20-17/h1-6,11,18-19H,7-10,12H2. The van der Waals surface area contributed by atoms with Crippen molar-refractivity contribution in [2.75, 3.05) is 13.2 Å². The highest BCUT2D eigenvalue weighted by atomic mass is 16.5. The van der Waals surface area contributed by atoms with Gasteiger partial charge in [0.05, 0.1) is 6.61 Å². The fourth-order valence-electron chi connectivity index (χ4n) is 2.51. The predicted molar refractivity (Wildman–Crippen MR) is 79.2 cm³/mol. The van der Waals surface area contributed by atoms with Crippen LogP contribution in [-0.4, -0.2) is 18.3 Å². The van der Waals surface area contributed by atoms with E-state index in [-0.39, 0.29) is 0 Å². The molecule has 3 nitrogen and oxygen atoms in total. The first kappa shape index (κ1) is 13.0. The van der Waals surface area contributed by atoms with Gasteiger partial charge in [-0.2, -0.15) is 0 Å². The van der Waals surface area contributed by atoms with Crippen molar-refractivity contribution < 1.29 is 9.84 Å². The van der Waals surface area contributed by atoms with Gasteiger partial charge in [0.25, 0.3) is 0 Å².